The Bertz CT molecular complexity index is 867. The minimum Gasteiger partial charge on any atom is -0.414 e. The van der Waals surface area contributed by atoms with Gasteiger partial charge in [0.25, 0.3) is 5.79 Å². The number of terminal acetylenes is 2. The summed E-state index contributed by atoms with van der Waals surface area (Å²) in [6.45, 7) is 33.0. The molecule has 0 bridgehead atoms. The van der Waals surface area contributed by atoms with Crippen LogP contribution in [0.5, 0.6) is 0 Å². The van der Waals surface area contributed by atoms with Crippen LogP contribution in [-0.2, 0) is 22.8 Å². The van der Waals surface area contributed by atoms with Crippen LogP contribution >= 0.6 is 0 Å². The van der Waals surface area contributed by atoms with E-state index in [1.165, 1.54) is 0 Å². The van der Waals surface area contributed by atoms with Gasteiger partial charge in [-0.15, -0.1) is 12.8 Å². The number of hydrogen-bond donors (Lipinski definition) is 1. The summed E-state index contributed by atoms with van der Waals surface area (Å²) in [5.74, 6) is 3.14. The fourth-order valence-corrected chi connectivity index (χ4v) is 6.75. The van der Waals surface area contributed by atoms with E-state index in [4.69, 9.17) is 35.6 Å². The van der Waals surface area contributed by atoms with Gasteiger partial charge in [0.05, 0.1) is 6.61 Å². The SMILES string of the molecule is C#C[C@@H](O)O[C@@]1(C#C)O[C@H](CO[Si](C)(C)C(C)(C)C)[C@H](O[Si](C)(C)C(C)(C)C)[C@H]1O[Si](C)(C)C(C)(C)C. The van der Waals surface area contributed by atoms with E-state index in [2.05, 4.69) is 113 Å². The maximum Gasteiger partial charge on any atom is 0.265 e. The van der Waals surface area contributed by atoms with Crippen molar-refractivity contribution in [3.63, 3.8) is 0 Å². The Hall–Kier alpha value is -0.469. The van der Waals surface area contributed by atoms with Gasteiger partial charge >= 0.3 is 0 Å². The van der Waals surface area contributed by atoms with E-state index in [0.717, 1.165) is 0 Å². The molecular weight excluding hydrogens is 517 g/mol. The summed E-state index contributed by atoms with van der Waals surface area (Å²) in [6, 6.07) is 0. The monoisotopic (exact) mass is 570 g/mol. The first-order chi connectivity index (χ1) is 16.3. The summed E-state index contributed by atoms with van der Waals surface area (Å²) in [5.41, 5.74) is 0. The van der Waals surface area contributed by atoms with Crippen molar-refractivity contribution < 1.29 is 27.9 Å². The maximum atomic E-state index is 10.4. The molecule has 5 atom stereocenters. The van der Waals surface area contributed by atoms with Crippen LogP contribution in [0.4, 0.5) is 0 Å². The predicted molar refractivity (Wildman–Crippen MR) is 160 cm³/mol. The summed E-state index contributed by atoms with van der Waals surface area (Å²) in [5, 5.41) is 10.2. The normalized spacial score (nSPS) is 27.0. The highest BCUT2D eigenvalue weighted by molar-refractivity contribution is 6.75. The Balaban J connectivity index is 3.71. The highest BCUT2D eigenvalue weighted by atomic mass is 28.4. The Morgan fingerprint density at radius 3 is 1.62 bits per heavy atom. The van der Waals surface area contributed by atoms with Crippen LogP contribution in [0.2, 0.25) is 54.4 Å². The van der Waals surface area contributed by atoms with Crippen LogP contribution in [-0.4, -0.2) is 67.1 Å². The van der Waals surface area contributed by atoms with Crippen molar-refractivity contribution >= 4 is 25.0 Å². The molecule has 1 aliphatic rings. The standard InChI is InChI=1S/C28H54O6Si3/c1-18-22(29)32-28(19-2)24(34-37(16,17)27(9,10)11)23(33-36(14,15)26(6,7)8)21(31-28)20-30-35(12,13)25(3,4)5/h1-2,21-24,29H,20H2,3-17H3/t21-,22+,23+,24-,28-/m1/s1. The average Bonchev–Trinajstić information content (AvgIpc) is 2.96. The molecule has 1 saturated heterocycles. The minimum atomic E-state index is -2.40. The number of ether oxygens (including phenoxy) is 2. The molecule has 0 aliphatic carbocycles. The highest BCUT2D eigenvalue weighted by Gasteiger charge is 2.62. The third-order valence-electron chi connectivity index (χ3n) is 8.88. The van der Waals surface area contributed by atoms with Crippen LogP contribution in [0.15, 0.2) is 0 Å². The van der Waals surface area contributed by atoms with Crippen LogP contribution in [0.25, 0.3) is 0 Å². The first-order valence-electron chi connectivity index (χ1n) is 13.2. The lowest BCUT2D eigenvalue weighted by atomic mass is 10.1. The van der Waals surface area contributed by atoms with E-state index in [1.54, 1.807) is 0 Å². The van der Waals surface area contributed by atoms with E-state index >= 15 is 0 Å². The summed E-state index contributed by atoms with van der Waals surface area (Å²) >= 11 is 0. The van der Waals surface area contributed by atoms with Crippen LogP contribution < -0.4 is 0 Å². The average molecular weight is 571 g/mol. The van der Waals surface area contributed by atoms with E-state index in [9.17, 15) is 5.11 Å². The lowest BCUT2D eigenvalue weighted by Gasteiger charge is -2.45. The van der Waals surface area contributed by atoms with Crippen molar-refractivity contribution in [2.75, 3.05) is 6.61 Å². The van der Waals surface area contributed by atoms with Gasteiger partial charge in [-0.1, -0.05) is 62.3 Å². The summed E-state index contributed by atoms with van der Waals surface area (Å²) in [4.78, 5) is 0. The van der Waals surface area contributed by atoms with Crippen LogP contribution in [0.1, 0.15) is 62.3 Å². The zero-order valence-electron chi connectivity index (χ0n) is 26.2. The Morgan fingerprint density at radius 2 is 1.24 bits per heavy atom. The summed E-state index contributed by atoms with van der Waals surface area (Å²) in [7, 11) is -6.85. The van der Waals surface area contributed by atoms with Crippen molar-refractivity contribution in [1.82, 2.24) is 0 Å². The van der Waals surface area contributed by atoms with Crippen molar-refractivity contribution in [3.05, 3.63) is 0 Å². The first kappa shape index (κ1) is 34.6. The molecule has 1 aliphatic heterocycles. The minimum absolute atomic E-state index is 0.0117. The van der Waals surface area contributed by atoms with Crippen LogP contribution in [0.3, 0.4) is 0 Å². The van der Waals surface area contributed by atoms with E-state index < -0.39 is 55.3 Å². The second-order valence-electron chi connectivity index (χ2n) is 14.8. The lowest BCUT2D eigenvalue weighted by molar-refractivity contribution is -0.267. The van der Waals surface area contributed by atoms with Crippen molar-refractivity contribution in [1.29, 1.82) is 0 Å². The van der Waals surface area contributed by atoms with Gasteiger partial charge in [0.1, 0.15) is 18.3 Å². The second-order valence-corrected chi connectivity index (χ2v) is 29.1. The first-order valence-corrected chi connectivity index (χ1v) is 22.0. The largest absolute Gasteiger partial charge is 0.414 e. The molecule has 1 rings (SSSR count). The molecule has 37 heavy (non-hydrogen) atoms. The summed E-state index contributed by atoms with van der Waals surface area (Å²) in [6.07, 6.45) is 8.07. The fourth-order valence-electron chi connectivity index (χ4n) is 3.14. The van der Waals surface area contributed by atoms with Gasteiger partial charge in [-0.05, 0) is 66.2 Å². The topological polar surface area (TPSA) is 66.4 Å². The van der Waals surface area contributed by atoms with Crippen LogP contribution in [0, 0.1) is 24.7 Å². The fraction of sp³-hybridized carbons (Fsp3) is 0.857. The smallest absolute Gasteiger partial charge is 0.265 e. The van der Waals surface area contributed by atoms with E-state index in [0.29, 0.717) is 0 Å². The number of rotatable bonds is 9. The molecule has 0 aromatic heterocycles. The van der Waals surface area contributed by atoms with Crippen molar-refractivity contribution in [2.45, 2.75) is 147 Å². The molecule has 0 aromatic carbocycles. The van der Waals surface area contributed by atoms with Gasteiger partial charge in [-0.3, -0.25) is 4.74 Å². The van der Waals surface area contributed by atoms with E-state index in [1.807, 2.05) is 0 Å². The molecule has 0 saturated carbocycles. The molecule has 0 aromatic rings. The molecule has 1 heterocycles. The lowest BCUT2D eigenvalue weighted by Crippen LogP contribution is -2.58. The number of aliphatic hydroxyl groups is 1. The maximum absolute atomic E-state index is 10.4. The number of aliphatic hydroxyl groups excluding tert-OH is 1. The quantitative estimate of drug-likeness (QED) is 0.194. The molecule has 6 nitrogen and oxygen atoms in total. The zero-order valence-corrected chi connectivity index (χ0v) is 29.2. The van der Waals surface area contributed by atoms with Gasteiger partial charge in [0.15, 0.2) is 25.0 Å². The molecule has 0 spiro atoms. The number of hydrogen-bond acceptors (Lipinski definition) is 6. The Kier molecular flexibility index (Phi) is 10.5. The molecule has 214 valence electrons. The zero-order chi connectivity index (χ0) is 29.5. The van der Waals surface area contributed by atoms with Gasteiger partial charge < -0.3 is 23.1 Å². The highest BCUT2D eigenvalue weighted by Crippen LogP contribution is 2.47. The molecule has 1 N–H and O–H groups in total. The molecule has 0 amide bonds. The molecule has 9 heteroatoms. The van der Waals surface area contributed by atoms with Gasteiger partial charge in [0.2, 0.25) is 6.29 Å². The molecule has 0 unspecified atom stereocenters. The molecule has 1 fully saturated rings. The third-order valence-corrected chi connectivity index (χ3v) is 22.3. The van der Waals surface area contributed by atoms with Crippen molar-refractivity contribution in [3.8, 4) is 24.7 Å². The molecular formula is C28H54O6Si3. The van der Waals surface area contributed by atoms with E-state index in [-0.39, 0.29) is 21.7 Å². The van der Waals surface area contributed by atoms with Gasteiger partial charge in [-0.2, -0.15) is 0 Å². The predicted octanol–water partition coefficient (Wildman–Crippen LogP) is 6.49. The molecule has 0 radical (unpaired) electrons. The Labute approximate surface area is 230 Å². The second kappa shape index (κ2) is 11.2. The third kappa shape index (κ3) is 7.81. The van der Waals surface area contributed by atoms with Gasteiger partial charge in [-0.25, -0.2) is 0 Å². The van der Waals surface area contributed by atoms with Crippen molar-refractivity contribution in [2.24, 2.45) is 0 Å². The van der Waals surface area contributed by atoms with Gasteiger partial charge in [0, 0.05) is 0 Å². The Morgan fingerprint density at radius 1 is 0.811 bits per heavy atom. The summed E-state index contributed by atoms with van der Waals surface area (Å²) < 4.78 is 32.9.